The number of rotatable bonds is 6. The molecule has 4 nitrogen and oxygen atoms in total. The quantitative estimate of drug-likeness (QED) is 0.685. The molecule has 0 radical (unpaired) electrons. The largest absolute Gasteiger partial charge is 0.384 e. The minimum Gasteiger partial charge on any atom is -0.384 e. The van der Waals surface area contributed by atoms with Crippen LogP contribution in [-0.2, 0) is 11.3 Å². The fraction of sp³-hybridized carbons (Fsp3) is 0.667. The SMILES string of the molecule is COCC(C)CNCc1ccn[nH]1. The second-order valence-corrected chi connectivity index (χ2v) is 3.27. The molecule has 2 N–H and O–H groups in total. The van der Waals surface area contributed by atoms with Crippen molar-refractivity contribution in [1.29, 1.82) is 0 Å². The first-order chi connectivity index (χ1) is 6.33. The zero-order valence-corrected chi connectivity index (χ0v) is 8.21. The van der Waals surface area contributed by atoms with Gasteiger partial charge in [-0.05, 0) is 12.0 Å². The summed E-state index contributed by atoms with van der Waals surface area (Å²) in [6.45, 7) is 4.76. The van der Waals surface area contributed by atoms with Gasteiger partial charge in [0.05, 0.1) is 0 Å². The van der Waals surface area contributed by atoms with Crippen LogP contribution < -0.4 is 5.32 Å². The first-order valence-electron chi connectivity index (χ1n) is 4.51. The number of hydrogen-bond acceptors (Lipinski definition) is 3. The second kappa shape index (κ2) is 5.72. The summed E-state index contributed by atoms with van der Waals surface area (Å²) in [6.07, 6.45) is 1.76. The van der Waals surface area contributed by atoms with Gasteiger partial charge in [0.2, 0.25) is 0 Å². The zero-order chi connectivity index (χ0) is 9.52. The van der Waals surface area contributed by atoms with Gasteiger partial charge in [0.1, 0.15) is 0 Å². The number of methoxy groups -OCH3 is 1. The summed E-state index contributed by atoms with van der Waals surface area (Å²) in [5.41, 5.74) is 1.12. The van der Waals surface area contributed by atoms with Crippen LogP contribution in [0.25, 0.3) is 0 Å². The van der Waals surface area contributed by atoms with Gasteiger partial charge in [-0.25, -0.2) is 0 Å². The summed E-state index contributed by atoms with van der Waals surface area (Å²) >= 11 is 0. The van der Waals surface area contributed by atoms with E-state index in [0.717, 1.165) is 25.4 Å². The average molecular weight is 183 g/mol. The Balaban J connectivity index is 2.07. The molecule has 0 fully saturated rings. The number of ether oxygens (including phenoxy) is 1. The van der Waals surface area contributed by atoms with Gasteiger partial charge < -0.3 is 10.1 Å². The van der Waals surface area contributed by atoms with Crippen LogP contribution in [0.15, 0.2) is 12.3 Å². The second-order valence-electron chi connectivity index (χ2n) is 3.27. The van der Waals surface area contributed by atoms with E-state index in [2.05, 4.69) is 22.4 Å². The maximum atomic E-state index is 5.03. The van der Waals surface area contributed by atoms with Gasteiger partial charge >= 0.3 is 0 Å². The predicted molar refractivity (Wildman–Crippen MR) is 51.3 cm³/mol. The van der Waals surface area contributed by atoms with E-state index in [4.69, 9.17) is 4.74 Å². The van der Waals surface area contributed by atoms with Crippen molar-refractivity contribution in [1.82, 2.24) is 15.5 Å². The van der Waals surface area contributed by atoms with E-state index in [9.17, 15) is 0 Å². The Kier molecular flexibility index (Phi) is 4.49. The number of nitrogens with one attached hydrogen (secondary N) is 2. The van der Waals surface area contributed by atoms with E-state index in [1.54, 1.807) is 13.3 Å². The van der Waals surface area contributed by atoms with E-state index < -0.39 is 0 Å². The number of aromatic amines is 1. The van der Waals surface area contributed by atoms with Crippen molar-refractivity contribution in [3.63, 3.8) is 0 Å². The standard InChI is InChI=1S/C9H17N3O/c1-8(7-13-2)5-10-6-9-3-4-11-12-9/h3-4,8,10H,5-7H2,1-2H3,(H,11,12). The lowest BCUT2D eigenvalue weighted by molar-refractivity contribution is 0.158. The van der Waals surface area contributed by atoms with Crippen molar-refractivity contribution < 1.29 is 4.74 Å². The number of H-pyrrole nitrogens is 1. The summed E-state index contributed by atoms with van der Waals surface area (Å²) in [6, 6.07) is 1.97. The molecule has 0 aliphatic carbocycles. The van der Waals surface area contributed by atoms with Gasteiger partial charge in [0.25, 0.3) is 0 Å². The lowest BCUT2D eigenvalue weighted by Crippen LogP contribution is -2.23. The molecule has 0 aliphatic heterocycles. The molecule has 1 atom stereocenters. The molecule has 1 aromatic heterocycles. The molecule has 74 valence electrons. The van der Waals surface area contributed by atoms with Crippen LogP contribution in [0.2, 0.25) is 0 Å². The monoisotopic (exact) mass is 183 g/mol. The zero-order valence-electron chi connectivity index (χ0n) is 8.21. The summed E-state index contributed by atoms with van der Waals surface area (Å²) in [7, 11) is 1.73. The fourth-order valence-electron chi connectivity index (χ4n) is 1.18. The Morgan fingerprint density at radius 3 is 3.15 bits per heavy atom. The smallest absolute Gasteiger partial charge is 0.0499 e. The molecule has 1 unspecified atom stereocenters. The van der Waals surface area contributed by atoms with E-state index in [-0.39, 0.29) is 0 Å². The van der Waals surface area contributed by atoms with E-state index in [0.29, 0.717) is 5.92 Å². The van der Waals surface area contributed by atoms with Crippen molar-refractivity contribution in [3.05, 3.63) is 18.0 Å². The molecule has 0 aliphatic rings. The third kappa shape index (κ3) is 4.05. The molecule has 1 aromatic rings. The van der Waals surface area contributed by atoms with Crippen LogP contribution in [0.1, 0.15) is 12.6 Å². The molecule has 0 saturated heterocycles. The highest BCUT2D eigenvalue weighted by Gasteiger charge is 2.00. The molecule has 0 bridgehead atoms. The molecular weight excluding hydrogens is 166 g/mol. The molecular formula is C9H17N3O. The van der Waals surface area contributed by atoms with E-state index in [1.165, 1.54) is 0 Å². The van der Waals surface area contributed by atoms with Crippen molar-refractivity contribution in [2.24, 2.45) is 5.92 Å². The van der Waals surface area contributed by atoms with Gasteiger partial charge in [0, 0.05) is 38.7 Å². The molecule has 13 heavy (non-hydrogen) atoms. The molecule has 1 heterocycles. The first-order valence-corrected chi connectivity index (χ1v) is 4.51. The Morgan fingerprint density at radius 1 is 1.69 bits per heavy atom. The molecule has 0 amide bonds. The van der Waals surface area contributed by atoms with Crippen molar-refractivity contribution in [2.75, 3.05) is 20.3 Å². The topological polar surface area (TPSA) is 49.9 Å². The highest BCUT2D eigenvalue weighted by Crippen LogP contribution is 1.94. The lowest BCUT2D eigenvalue weighted by Gasteiger charge is -2.10. The first kappa shape index (κ1) is 10.2. The molecule has 0 spiro atoms. The Labute approximate surface area is 78.7 Å². The van der Waals surface area contributed by atoms with Crippen LogP contribution in [0.3, 0.4) is 0 Å². The summed E-state index contributed by atoms with van der Waals surface area (Å²) in [5, 5.41) is 10.1. The maximum absolute atomic E-state index is 5.03. The van der Waals surface area contributed by atoms with Crippen LogP contribution >= 0.6 is 0 Å². The number of hydrogen-bond donors (Lipinski definition) is 2. The van der Waals surface area contributed by atoms with E-state index >= 15 is 0 Å². The summed E-state index contributed by atoms with van der Waals surface area (Å²) in [5.74, 6) is 0.549. The van der Waals surface area contributed by atoms with Crippen LogP contribution in [0, 0.1) is 5.92 Å². The van der Waals surface area contributed by atoms with Gasteiger partial charge in [0.15, 0.2) is 0 Å². The normalized spacial score (nSPS) is 13.1. The summed E-state index contributed by atoms with van der Waals surface area (Å²) < 4.78 is 5.03. The highest BCUT2D eigenvalue weighted by molar-refractivity contribution is 4.96. The molecule has 1 rings (SSSR count). The van der Waals surface area contributed by atoms with Crippen LogP contribution in [0.4, 0.5) is 0 Å². The van der Waals surface area contributed by atoms with Crippen LogP contribution in [-0.4, -0.2) is 30.5 Å². The van der Waals surface area contributed by atoms with Crippen molar-refractivity contribution >= 4 is 0 Å². The highest BCUT2D eigenvalue weighted by atomic mass is 16.5. The maximum Gasteiger partial charge on any atom is 0.0499 e. The van der Waals surface area contributed by atoms with Crippen LogP contribution in [0.5, 0.6) is 0 Å². The Bertz CT molecular complexity index is 211. The number of aromatic nitrogens is 2. The van der Waals surface area contributed by atoms with Gasteiger partial charge in [-0.1, -0.05) is 6.92 Å². The van der Waals surface area contributed by atoms with Crippen molar-refractivity contribution in [2.45, 2.75) is 13.5 Å². The Hall–Kier alpha value is -0.870. The summed E-state index contributed by atoms with van der Waals surface area (Å²) in [4.78, 5) is 0. The molecule has 0 aromatic carbocycles. The van der Waals surface area contributed by atoms with E-state index in [1.807, 2.05) is 6.07 Å². The third-order valence-electron chi connectivity index (χ3n) is 1.82. The number of nitrogens with zero attached hydrogens (tertiary/aromatic N) is 1. The third-order valence-corrected chi connectivity index (χ3v) is 1.82. The molecule has 0 saturated carbocycles. The van der Waals surface area contributed by atoms with Gasteiger partial charge in [-0.3, -0.25) is 5.10 Å². The fourth-order valence-corrected chi connectivity index (χ4v) is 1.18. The Morgan fingerprint density at radius 2 is 2.54 bits per heavy atom. The average Bonchev–Trinajstić information content (AvgIpc) is 2.57. The van der Waals surface area contributed by atoms with Crippen molar-refractivity contribution in [3.8, 4) is 0 Å². The predicted octanol–water partition coefficient (Wildman–Crippen LogP) is 0.782. The van der Waals surface area contributed by atoms with Gasteiger partial charge in [-0.15, -0.1) is 0 Å². The van der Waals surface area contributed by atoms with Gasteiger partial charge in [-0.2, -0.15) is 5.10 Å². The minimum atomic E-state index is 0.549. The molecule has 4 heteroatoms. The minimum absolute atomic E-state index is 0.549. The lowest BCUT2D eigenvalue weighted by atomic mass is 10.2.